The highest BCUT2D eigenvalue weighted by Gasteiger charge is 2.40. The lowest BCUT2D eigenvalue weighted by Crippen LogP contribution is -2.40. The number of sulfonamides is 1. The van der Waals surface area contributed by atoms with Gasteiger partial charge in [0, 0.05) is 31.1 Å². The summed E-state index contributed by atoms with van der Waals surface area (Å²) in [6.07, 6.45) is 1.92. The number of aromatic nitrogens is 1. The monoisotopic (exact) mass is 444 g/mol. The van der Waals surface area contributed by atoms with E-state index in [1.165, 1.54) is 21.3 Å². The maximum Gasteiger partial charge on any atom is 0.263 e. The number of aryl methyl sites for hydroxylation is 1. The molecule has 31 heavy (non-hydrogen) atoms. The number of amides is 2. The quantitative estimate of drug-likeness (QED) is 0.698. The number of pyridine rings is 1. The van der Waals surface area contributed by atoms with Crippen molar-refractivity contribution >= 4 is 32.7 Å². The van der Waals surface area contributed by atoms with Crippen LogP contribution in [0.25, 0.3) is 10.9 Å². The molecule has 0 unspecified atom stereocenters. The van der Waals surface area contributed by atoms with Crippen molar-refractivity contribution in [2.45, 2.75) is 30.7 Å². The number of nitrogens with zero attached hydrogens (tertiary/aromatic N) is 3. The van der Waals surface area contributed by atoms with Gasteiger partial charge in [-0.25, -0.2) is 8.42 Å². The van der Waals surface area contributed by atoms with Gasteiger partial charge in [-0.05, 0) is 44.5 Å². The van der Waals surface area contributed by atoms with Crippen molar-refractivity contribution in [2.24, 2.45) is 0 Å². The van der Waals surface area contributed by atoms with E-state index in [1.54, 1.807) is 13.0 Å². The lowest BCUT2D eigenvalue weighted by molar-refractivity contribution is 0.0642. The minimum Gasteiger partial charge on any atom is -0.379 e. The first-order valence-corrected chi connectivity index (χ1v) is 11.9. The first-order chi connectivity index (χ1) is 14.9. The molecule has 0 radical (unpaired) electrons. The maximum atomic E-state index is 13.3. The molecule has 164 valence electrons. The number of imide groups is 1. The molecular formula is C21H24N4O5S. The third-order valence-corrected chi connectivity index (χ3v) is 8.12. The Hall–Kier alpha value is -2.40. The summed E-state index contributed by atoms with van der Waals surface area (Å²) < 4.78 is 32.9. The van der Waals surface area contributed by atoms with Crippen molar-refractivity contribution < 1.29 is 22.7 Å². The Bertz CT molecular complexity index is 1180. The van der Waals surface area contributed by atoms with Crippen LogP contribution >= 0.6 is 0 Å². The van der Waals surface area contributed by atoms with Crippen molar-refractivity contribution in [2.75, 3.05) is 39.4 Å². The van der Waals surface area contributed by atoms with Gasteiger partial charge in [0.05, 0.1) is 40.4 Å². The number of fused-ring (bicyclic) bond motifs is 3. The molecule has 9 nitrogen and oxygen atoms in total. The van der Waals surface area contributed by atoms with Crippen molar-refractivity contribution in [3.8, 4) is 0 Å². The molecule has 10 heteroatoms. The van der Waals surface area contributed by atoms with E-state index in [4.69, 9.17) is 4.74 Å². The number of carbonyl (C=O) groups excluding carboxylic acids is 2. The second kappa shape index (κ2) is 7.63. The van der Waals surface area contributed by atoms with Gasteiger partial charge in [-0.1, -0.05) is 0 Å². The molecule has 2 fully saturated rings. The van der Waals surface area contributed by atoms with E-state index in [0.29, 0.717) is 36.4 Å². The summed E-state index contributed by atoms with van der Waals surface area (Å²) in [5.41, 5.74) is 1.51. The lowest BCUT2D eigenvalue weighted by atomic mass is 10.0. The van der Waals surface area contributed by atoms with Gasteiger partial charge in [0.15, 0.2) is 0 Å². The van der Waals surface area contributed by atoms with Crippen LogP contribution in [0.1, 0.15) is 39.3 Å². The second-order valence-corrected chi connectivity index (χ2v) is 10.1. The number of morpholine rings is 1. The van der Waals surface area contributed by atoms with Crippen LogP contribution in [0.2, 0.25) is 0 Å². The van der Waals surface area contributed by atoms with Crippen molar-refractivity contribution in [1.29, 1.82) is 0 Å². The summed E-state index contributed by atoms with van der Waals surface area (Å²) in [7, 11) is -3.74. The molecule has 0 aliphatic carbocycles. The standard InChI is InChI=1S/C21H24N4O5S/c1-13-18-19(21(27)25(20(18)26)12-14-3-2-6-22-14)16-11-15(4-5-17(16)23-13)31(28,29)24-7-9-30-10-8-24/h4-5,11,14,22H,2-3,6-10,12H2,1H3/t14-/m0/s1. The zero-order valence-corrected chi connectivity index (χ0v) is 18.1. The van der Waals surface area contributed by atoms with Gasteiger partial charge < -0.3 is 10.1 Å². The maximum absolute atomic E-state index is 13.3. The third kappa shape index (κ3) is 3.34. The Morgan fingerprint density at radius 3 is 2.61 bits per heavy atom. The fourth-order valence-electron chi connectivity index (χ4n) is 4.61. The van der Waals surface area contributed by atoms with Gasteiger partial charge >= 0.3 is 0 Å². The van der Waals surface area contributed by atoms with Crippen LogP contribution in [0.4, 0.5) is 0 Å². The number of rotatable bonds is 4. The molecule has 3 aliphatic heterocycles. The predicted molar refractivity (Wildman–Crippen MR) is 112 cm³/mol. The molecule has 2 amide bonds. The van der Waals surface area contributed by atoms with E-state index < -0.39 is 10.0 Å². The average Bonchev–Trinajstić information content (AvgIpc) is 3.37. The summed E-state index contributed by atoms with van der Waals surface area (Å²) in [5.74, 6) is -0.743. The highest BCUT2D eigenvalue weighted by Crippen LogP contribution is 2.33. The minimum absolute atomic E-state index is 0.0824. The van der Waals surface area contributed by atoms with Crippen molar-refractivity contribution in [1.82, 2.24) is 19.5 Å². The van der Waals surface area contributed by atoms with Crippen molar-refractivity contribution in [3.05, 3.63) is 35.0 Å². The summed E-state index contributed by atoms with van der Waals surface area (Å²) in [4.78, 5) is 32.2. The Morgan fingerprint density at radius 2 is 1.90 bits per heavy atom. The molecule has 1 aromatic carbocycles. The average molecular weight is 445 g/mol. The summed E-state index contributed by atoms with van der Waals surface area (Å²) >= 11 is 0. The number of benzene rings is 1. The van der Waals surface area contributed by atoms with Crippen LogP contribution in [0.3, 0.4) is 0 Å². The van der Waals surface area contributed by atoms with Crippen LogP contribution in [0.15, 0.2) is 23.1 Å². The zero-order valence-electron chi connectivity index (χ0n) is 17.3. The van der Waals surface area contributed by atoms with Gasteiger partial charge in [-0.3, -0.25) is 19.5 Å². The molecule has 1 N–H and O–H groups in total. The van der Waals surface area contributed by atoms with E-state index >= 15 is 0 Å². The number of nitrogens with one attached hydrogen (secondary N) is 1. The number of ether oxygens (including phenoxy) is 1. The van der Waals surface area contributed by atoms with Gasteiger partial charge in [-0.2, -0.15) is 4.31 Å². The van der Waals surface area contributed by atoms with Gasteiger partial charge in [0.25, 0.3) is 11.8 Å². The topological polar surface area (TPSA) is 109 Å². The normalized spacial score (nSPS) is 22.5. The highest BCUT2D eigenvalue weighted by molar-refractivity contribution is 7.89. The van der Waals surface area contributed by atoms with Crippen LogP contribution in [0.5, 0.6) is 0 Å². The van der Waals surface area contributed by atoms with E-state index in [-0.39, 0.29) is 47.0 Å². The van der Waals surface area contributed by atoms with Crippen molar-refractivity contribution in [3.63, 3.8) is 0 Å². The molecule has 0 spiro atoms. The molecule has 4 heterocycles. The Kier molecular flexibility index (Phi) is 5.04. The van der Waals surface area contributed by atoms with Gasteiger partial charge in [-0.15, -0.1) is 0 Å². The number of carbonyl (C=O) groups is 2. The first kappa shape index (κ1) is 20.5. The molecule has 0 saturated carbocycles. The smallest absolute Gasteiger partial charge is 0.263 e. The zero-order chi connectivity index (χ0) is 21.8. The third-order valence-electron chi connectivity index (χ3n) is 6.23. The summed E-state index contributed by atoms with van der Waals surface area (Å²) in [5, 5.41) is 3.71. The van der Waals surface area contributed by atoms with E-state index in [2.05, 4.69) is 10.3 Å². The number of hydrogen-bond donors (Lipinski definition) is 1. The highest BCUT2D eigenvalue weighted by atomic mass is 32.2. The molecule has 2 aromatic rings. The predicted octanol–water partition coefficient (Wildman–Crippen LogP) is 0.912. The van der Waals surface area contributed by atoms with E-state index in [1.807, 2.05) is 0 Å². The van der Waals surface area contributed by atoms with Crippen LogP contribution < -0.4 is 5.32 Å². The Balaban J connectivity index is 1.59. The molecule has 1 aromatic heterocycles. The van der Waals surface area contributed by atoms with Crippen LogP contribution in [0, 0.1) is 6.92 Å². The van der Waals surface area contributed by atoms with Crippen LogP contribution in [-0.4, -0.2) is 79.9 Å². The molecule has 1 atom stereocenters. The fraction of sp³-hybridized carbons (Fsp3) is 0.476. The SMILES string of the molecule is Cc1nc2ccc(S(=O)(=O)N3CCOCC3)cc2c2c1C(=O)N(C[C@@H]1CCCN1)C2=O. The van der Waals surface area contributed by atoms with Gasteiger partial charge in [0.2, 0.25) is 10.0 Å². The first-order valence-electron chi connectivity index (χ1n) is 10.5. The number of hydrogen-bond acceptors (Lipinski definition) is 7. The minimum atomic E-state index is -3.74. The second-order valence-electron chi connectivity index (χ2n) is 8.16. The Morgan fingerprint density at radius 1 is 1.16 bits per heavy atom. The molecule has 2 saturated heterocycles. The van der Waals surface area contributed by atoms with E-state index in [0.717, 1.165) is 19.4 Å². The summed E-state index contributed by atoms with van der Waals surface area (Å²) in [6, 6.07) is 4.68. The van der Waals surface area contributed by atoms with Crippen LogP contribution in [-0.2, 0) is 14.8 Å². The molecule has 5 rings (SSSR count). The van der Waals surface area contributed by atoms with Gasteiger partial charge in [0.1, 0.15) is 0 Å². The lowest BCUT2D eigenvalue weighted by Gasteiger charge is -2.26. The molecule has 0 bridgehead atoms. The van der Waals surface area contributed by atoms with E-state index in [9.17, 15) is 18.0 Å². The summed E-state index contributed by atoms with van der Waals surface area (Å²) in [6.45, 7) is 4.15. The molecular weight excluding hydrogens is 420 g/mol. The molecule has 3 aliphatic rings. The fourth-order valence-corrected chi connectivity index (χ4v) is 6.04. The largest absolute Gasteiger partial charge is 0.379 e. The Labute approximate surface area is 180 Å².